The first-order valence-corrected chi connectivity index (χ1v) is 6.23. The minimum atomic E-state index is -0.856. The molecule has 0 aromatic carbocycles. The number of hydrogen-bond donors (Lipinski definition) is 3. The van der Waals surface area contributed by atoms with E-state index in [4.69, 9.17) is 15.6 Å². The summed E-state index contributed by atoms with van der Waals surface area (Å²) in [7, 11) is 0. The van der Waals surface area contributed by atoms with Gasteiger partial charge in [0.1, 0.15) is 23.9 Å². The second kappa shape index (κ2) is 5.70. The number of nitrogens with two attached hydrogens (primary N) is 1. The molecule has 0 saturated carbocycles. The first kappa shape index (κ1) is 14.6. The van der Waals surface area contributed by atoms with Gasteiger partial charge < -0.3 is 20.7 Å². The van der Waals surface area contributed by atoms with Crippen LogP contribution in [0, 0.1) is 0 Å². The quantitative estimate of drug-likeness (QED) is 0.619. The fraction of sp³-hybridized carbons (Fsp3) is 0.583. The van der Waals surface area contributed by atoms with Crippen LogP contribution in [0.3, 0.4) is 0 Å². The molecule has 1 aliphatic heterocycles. The number of aliphatic hydroxyl groups excluding tert-OH is 2. The van der Waals surface area contributed by atoms with E-state index in [2.05, 4.69) is 4.98 Å². The molecule has 2 heterocycles. The maximum Gasteiger partial charge on any atom is 0.351 e. The number of anilines is 1. The largest absolute Gasteiger partial charge is 0.394 e. The van der Waals surface area contributed by atoms with Gasteiger partial charge in [0.2, 0.25) is 0 Å². The lowest BCUT2D eigenvalue weighted by Gasteiger charge is -2.15. The molecule has 0 amide bonds. The van der Waals surface area contributed by atoms with Gasteiger partial charge in [0.15, 0.2) is 0 Å². The average Bonchev–Trinajstić information content (AvgIpc) is 2.73. The van der Waals surface area contributed by atoms with Gasteiger partial charge in [0.05, 0.1) is 12.7 Å². The lowest BCUT2D eigenvalue weighted by Crippen LogP contribution is -2.29. The van der Waals surface area contributed by atoms with E-state index in [0.29, 0.717) is 5.56 Å². The van der Waals surface area contributed by atoms with Crippen LogP contribution in [0.15, 0.2) is 11.0 Å². The standard InChI is InChI=1S/C12H17N3O5/c1-6(17)2-7-4-15(12(19)14-11(7)13)10-3-8(18)9(5-16)20-10/h4,8-10,16,18H,2-3,5H2,1H3,(H2,13,14,19)/t8?,9-,10-/m1/s1. The van der Waals surface area contributed by atoms with E-state index in [-0.39, 0.29) is 31.0 Å². The van der Waals surface area contributed by atoms with Crippen LogP contribution in [0.2, 0.25) is 0 Å². The molecule has 3 atom stereocenters. The van der Waals surface area contributed by atoms with Gasteiger partial charge in [-0.05, 0) is 6.92 Å². The predicted octanol–water partition coefficient (Wildman–Crippen LogP) is -1.40. The zero-order chi connectivity index (χ0) is 14.9. The van der Waals surface area contributed by atoms with Crippen molar-refractivity contribution in [3.63, 3.8) is 0 Å². The molecule has 1 aromatic rings. The number of nitrogen functional groups attached to an aromatic ring is 1. The lowest BCUT2D eigenvalue weighted by molar-refractivity contribution is -0.116. The first-order valence-electron chi connectivity index (χ1n) is 6.23. The molecule has 20 heavy (non-hydrogen) atoms. The summed E-state index contributed by atoms with van der Waals surface area (Å²) in [6, 6.07) is 0. The van der Waals surface area contributed by atoms with Crippen LogP contribution >= 0.6 is 0 Å². The van der Waals surface area contributed by atoms with Crippen molar-refractivity contribution in [2.45, 2.75) is 38.2 Å². The molecule has 1 aliphatic rings. The van der Waals surface area contributed by atoms with E-state index in [1.807, 2.05) is 0 Å². The molecule has 8 heteroatoms. The number of aliphatic hydroxyl groups is 2. The van der Waals surface area contributed by atoms with Gasteiger partial charge in [-0.15, -0.1) is 0 Å². The summed E-state index contributed by atoms with van der Waals surface area (Å²) in [4.78, 5) is 26.6. The van der Waals surface area contributed by atoms with Crippen molar-refractivity contribution in [3.05, 3.63) is 22.2 Å². The fourth-order valence-electron chi connectivity index (χ4n) is 2.18. The molecule has 1 unspecified atom stereocenters. The average molecular weight is 283 g/mol. The molecule has 1 saturated heterocycles. The monoisotopic (exact) mass is 283 g/mol. The molecule has 110 valence electrons. The van der Waals surface area contributed by atoms with Gasteiger partial charge in [-0.2, -0.15) is 4.98 Å². The number of rotatable bonds is 4. The number of ketones is 1. The van der Waals surface area contributed by atoms with Crippen molar-refractivity contribution in [3.8, 4) is 0 Å². The topological polar surface area (TPSA) is 128 Å². The van der Waals surface area contributed by atoms with E-state index in [9.17, 15) is 14.7 Å². The van der Waals surface area contributed by atoms with Crippen molar-refractivity contribution in [2.24, 2.45) is 0 Å². The smallest absolute Gasteiger partial charge is 0.351 e. The van der Waals surface area contributed by atoms with Crippen LogP contribution in [-0.4, -0.2) is 44.4 Å². The number of hydrogen-bond acceptors (Lipinski definition) is 7. The minimum Gasteiger partial charge on any atom is -0.394 e. The molecule has 0 aliphatic carbocycles. The van der Waals surface area contributed by atoms with Crippen molar-refractivity contribution < 1.29 is 19.7 Å². The Labute approximate surface area is 114 Å². The van der Waals surface area contributed by atoms with Crippen LogP contribution in [0.25, 0.3) is 0 Å². The molecule has 1 fully saturated rings. The number of carbonyl (C=O) groups is 1. The van der Waals surface area contributed by atoms with Gasteiger partial charge in [0.25, 0.3) is 0 Å². The molecule has 0 bridgehead atoms. The third-order valence-corrected chi connectivity index (χ3v) is 3.19. The van der Waals surface area contributed by atoms with E-state index in [1.54, 1.807) is 0 Å². The van der Waals surface area contributed by atoms with Crippen LogP contribution in [0.4, 0.5) is 5.82 Å². The van der Waals surface area contributed by atoms with Crippen LogP contribution in [0.5, 0.6) is 0 Å². The van der Waals surface area contributed by atoms with Gasteiger partial charge in [-0.1, -0.05) is 0 Å². The minimum absolute atomic E-state index is 0.0127. The first-order chi connectivity index (χ1) is 9.42. The Balaban J connectivity index is 2.32. The Kier molecular flexibility index (Phi) is 4.17. The second-order valence-corrected chi connectivity index (χ2v) is 4.83. The van der Waals surface area contributed by atoms with Crippen molar-refractivity contribution >= 4 is 11.6 Å². The highest BCUT2D eigenvalue weighted by Crippen LogP contribution is 2.27. The van der Waals surface area contributed by atoms with Gasteiger partial charge in [-0.25, -0.2) is 4.79 Å². The Morgan fingerprint density at radius 2 is 2.35 bits per heavy atom. The number of carbonyl (C=O) groups excluding carboxylic acids is 1. The molecule has 0 spiro atoms. The van der Waals surface area contributed by atoms with E-state index < -0.39 is 24.1 Å². The van der Waals surface area contributed by atoms with Crippen LogP contribution in [0.1, 0.15) is 25.1 Å². The third-order valence-electron chi connectivity index (χ3n) is 3.19. The molecule has 4 N–H and O–H groups in total. The number of ether oxygens (including phenoxy) is 1. The highest BCUT2D eigenvalue weighted by Gasteiger charge is 2.35. The molecule has 0 radical (unpaired) electrons. The maximum absolute atomic E-state index is 11.8. The second-order valence-electron chi connectivity index (χ2n) is 4.83. The highest BCUT2D eigenvalue weighted by molar-refractivity contribution is 5.79. The SMILES string of the molecule is CC(=O)Cc1cn([C@H]2CC(O)[C@@H](CO)O2)c(=O)nc1N. The van der Waals surface area contributed by atoms with Crippen molar-refractivity contribution in [1.29, 1.82) is 0 Å². The Bertz CT molecular complexity index is 571. The summed E-state index contributed by atoms with van der Waals surface area (Å²) in [5.41, 5.74) is 5.42. The predicted molar refractivity (Wildman–Crippen MR) is 68.9 cm³/mol. The number of nitrogens with zero attached hydrogens (tertiary/aromatic N) is 2. The fourth-order valence-corrected chi connectivity index (χ4v) is 2.18. The van der Waals surface area contributed by atoms with E-state index in [0.717, 1.165) is 0 Å². The molecular formula is C12H17N3O5. The summed E-state index contributed by atoms with van der Waals surface area (Å²) in [5.74, 6) is -0.0944. The summed E-state index contributed by atoms with van der Waals surface area (Å²) in [5, 5.41) is 18.7. The Hall–Kier alpha value is -1.77. The Morgan fingerprint density at radius 3 is 2.90 bits per heavy atom. The maximum atomic E-state index is 11.8. The summed E-state index contributed by atoms with van der Waals surface area (Å²) in [6.45, 7) is 1.07. The van der Waals surface area contributed by atoms with Crippen LogP contribution in [-0.2, 0) is 16.0 Å². The number of Topliss-reactive ketones (excluding diaryl/α,β-unsaturated/α-hetero) is 1. The summed E-state index contributed by atoms with van der Waals surface area (Å²) in [6.07, 6.45) is -0.669. The van der Waals surface area contributed by atoms with E-state index in [1.165, 1.54) is 17.7 Å². The molecular weight excluding hydrogens is 266 g/mol. The molecule has 1 aromatic heterocycles. The summed E-state index contributed by atoms with van der Waals surface area (Å²) >= 11 is 0. The van der Waals surface area contributed by atoms with Crippen molar-refractivity contribution in [1.82, 2.24) is 9.55 Å². The van der Waals surface area contributed by atoms with Gasteiger partial charge in [0, 0.05) is 24.6 Å². The third kappa shape index (κ3) is 2.87. The summed E-state index contributed by atoms with van der Waals surface area (Å²) < 4.78 is 6.57. The number of aromatic nitrogens is 2. The van der Waals surface area contributed by atoms with E-state index >= 15 is 0 Å². The lowest BCUT2D eigenvalue weighted by atomic mass is 10.1. The highest BCUT2D eigenvalue weighted by atomic mass is 16.5. The van der Waals surface area contributed by atoms with Crippen LogP contribution < -0.4 is 11.4 Å². The van der Waals surface area contributed by atoms with Gasteiger partial charge >= 0.3 is 5.69 Å². The van der Waals surface area contributed by atoms with Gasteiger partial charge in [-0.3, -0.25) is 9.36 Å². The van der Waals surface area contributed by atoms with Crippen molar-refractivity contribution in [2.75, 3.05) is 12.3 Å². The molecule has 2 rings (SSSR count). The zero-order valence-corrected chi connectivity index (χ0v) is 11.0. The normalized spacial score (nSPS) is 25.9. The Morgan fingerprint density at radius 1 is 1.65 bits per heavy atom. The zero-order valence-electron chi connectivity index (χ0n) is 11.0. The molecule has 8 nitrogen and oxygen atoms in total.